The molecule has 9 heteroatoms. The number of hydrogen-bond donors (Lipinski definition) is 1. The summed E-state index contributed by atoms with van der Waals surface area (Å²) < 4.78 is 38.8. The van der Waals surface area contributed by atoms with Crippen LogP contribution >= 0.6 is 11.6 Å². The van der Waals surface area contributed by atoms with Crippen LogP contribution in [-0.2, 0) is 6.18 Å². The third-order valence-electron chi connectivity index (χ3n) is 2.98. The van der Waals surface area contributed by atoms with Gasteiger partial charge >= 0.3 is 6.18 Å². The lowest BCUT2D eigenvalue weighted by atomic mass is 10.2. The van der Waals surface area contributed by atoms with Crippen LogP contribution in [-0.4, -0.2) is 20.5 Å². The van der Waals surface area contributed by atoms with Crippen molar-refractivity contribution < 1.29 is 18.0 Å². The zero-order chi connectivity index (χ0) is 16.6. The SMILES string of the molecule is O=C(Nc1cnc2cc(C(F)(F)F)nn2c1)c1ccccc1Cl. The standard InChI is InChI=1S/C14H8ClF3N4O/c15-10-4-2-1-3-9(10)13(23)20-8-6-19-12-5-11(14(16,17)18)21-22(12)7-8/h1-7H,(H,20,23). The third kappa shape index (κ3) is 3.11. The molecular weight excluding hydrogens is 333 g/mol. The number of hydrogen-bond acceptors (Lipinski definition) is 3. The number of carbonyl (C=O) groups excluding carboxylic acids is 1. The van der Waals surface area contributed by atoms with Crippen LogP contribution in [0.25, 0.3) is 5.65 Å². The molecule has 0 unspecified atom stereocenters. The molecule has 0 fully saturated rings. The third-order valence-corrected chi connectivity index (χ3v) is 3.31. The number of halogens is 4. The van der Waals surface area contributed by atoms with E-state index in [1.165, 1.54) is 18.5 Å². The fraction of sp³-hybridized carbons (Fsp3) is 0.0714. The number of amides is 1. The van der Waals surface area contributed by atoms with Crippen molar-refractivity contribution >= 4 is 28.8 Å². The predicted octanol–water partition coefficient (Wildman–Crippen LogP) is 3.65. The minimum Gasteiger partial charge on any atom is -0.319 e. The van der Waals surface area contributed by atoms with Gasteiger partial charge in [-0.3, -0.25) is 4.79 Å². The molecule has 2 aromatic heterocycles. The Morgan fingerprint density at radius 3 is 2.70 bits per heavy atom. The van der Waals surface area contributed by atoms with E-state index in [1.807, 2.05) is 0 Å². The minimum absolute atomic E-state index is 0.0214. The summed E-state index contributed by atoms with van der Waals surface area (Å²) in [5, 5.41) is 6.17. The molecule has 5 nitrogen and oxygen atoms in total. The average Bonchev–Trinajstić information content (AvgIpc) is 2.91. The van der Waals surface area contributed by atoms with Crippen LogP contribution < -0.4 is 5.32 Å². The van der Waals surface area contributed by atoms with Crippen molar-refractivity contribution in [3.8, 4) is 0 Å². The number of fused-ring (bicyclic) bond motifs is 1. The fourth-order valence-corrected chi connectivity index (χ4v) is 2.15. The lowest BCUT2D eigenvalue weighted by Crippen LogP contribution is -2.13. The lowest BCUT2D eigenvalue weighted by molar-refractivity contribution is -0.141. The summed E-state index contributed by atoms with van der Waals surface area (Å²) in [5.74, 6) is -0.500. The smallest absolute Gasteiger partial charge is 0.319 e. The van der Waals surface area contributed by atoms with Gasteiger partial charge in [0.1, 0.15) is 0 Å². The van der Waals surface area contributed by atoms with E-state index in [0.29, 0.717) is 0 Å². The first-order chi connectivity index (χ1) is 10.8. The van der Waals surface area contributed by atoms with Gasteiger partial charge in [0, 0.05) is 6.07 Å². The summed E-state index contributed by atoms with van der Waals surface area (Å²) in [4.78, 5) is 15.9. The Bertz CT molecular complexity index is 891. The quantitative estimate of drug-likeness (QED) is 0.774. The van der Waals surface area contributed by atoms with Crippen LogP contribution in [0.15, 0.2) is 42.7 Å². The first-order valence-electron chi connectivity index (χ1n) is 6.33. The van der Waals surface area contributed by atoms with E-state index in [4.69, 9.17) is 11.6 Å². The summed E-state index contributed by atoms with van der Waals surface area (Å²) in [5.41, 5.74) is -0.599. The number of nitrogens with zero attached hydrogens (tertiary/aromatic N) is 3. The van der Waals surface area contributed by atoms with Gasteiger partial charge in [-0.15, -0.1) is 0 Å². The highest BCUT2D eigenvalue weighted by Crippen LogP contribution is 2.28. The number of nitrogens with one attached hydrogen (secondary N) is 1. The first-order valence-corrected chi connectivity index (χ1v) is 6.71. The van der Waals surface area contributed by atoms with Gasteiger partial charge in [0.15, 0.2) is 11.3 Å². The minimum atomic E-state index is -4.56. The Kier molecular flexibility index (Phi) is 3.69. The van der Waals surface area contributed by atoms with Crippen LogP contribution in [0.3, 0.4) is 0 Å². The van der Waals surface area contributed by atoms with Gasteiger partial charge in [0.05, 0.1) is 28.7 Å². The molecule has 0 saturated heterocycles. The molecule has 1 aromatic carbocycles. The molecule has 2 heterocycles. The number of aromatic nitrogens is 3. The molecule has 1 amide bonds. The molecule has 0 aliphatic rings. The molecule has 0 atom stereocenters. The zero-order valence-corrected chi connectivity index (χ0v) is 12.1. The highest BCUT2D eigenvalue weighted by atomic mass is 35.5. The number of rotatable bonds is 2. The highest BCUT2D eigenvalue weighted by Gasteiger charge is 2.34. The van der Waals surface area contributed by atoms with Crippen molar-refractivity contribution in [2.45, 2.75) is 6.18 Å². The van der Waals surface area contributed by atoms with E-state index in [0.717, 1.165) is 10.6 Å². The number of carbonyl (C=O) groups is 1. The fourth-order valence-electron chi connectivity index (χ4n) is 1.92. The summed E-state index contributed by atoms with van der Waals surface area (Å²) in [6.07, 6.45) is -2.08. The van der Waals surface area contributed by atoms with Crippen molar-refractivity contribution in [1.29, 1.82) is 0 Å². The molecule has 1 N–H and O–H groups in total. The van der Waals surface area contributed by atoms with Crippen molar-refractivity contribution in [1.82, 2.24) is 14.6 Å². The second-order valence-electron chi connectivity index (χ2n) is 4.61. The molecule has 3 rings (SSSR count). The van der Waals surface area contributed by atoms with E-state index in [2.05, 4.69) is 15.4 Å². The molecule has 0 radical (unpaired) electrons. The van der Waals surface area contributed by atoms with E-state index in [9.17, 15) is 18.0 Å². The topological polar surface area (TPSA) is 59.3 Å². The van der Waals surface area contributed by atoms with Crippen LogP contribution in [0.1, 0.15) is 16.1 Å². The van der Waals surface area contributed by atoms with Crippen molar-refractivity contribution in [2.24, 2.45) is 0 Å². The van der Waals surface area contributed by atoms with E-state index < -0.39 is 17.8 Å². The summed E-state index contributed by atoms with van der Waals surface area (Å²) in [7, 11) is 0. The van der Waals surface area contributed by atoms with E-state index in [1.54, 1.807) is 18.2 Å². The molecule has 0 saturated carbocycles. The highest BCUT2D eigenvalue weighted by molar-refractivity contribution is 6.34. The Hall–Kier alpha value is -2.61. The first kappa shape index (κ1) is 15.3. The molecule has 0 aliphatic heterocycles. The number of anilines is 1. The predicted molar refractivity (Wildman–Crippen MR) is 77.4 cm³/mol. The Balaban J connectivity index is 1.89. The number of benzene rings is 1. The van der Waals surface area contributed by atoms with Crippen molar-refractivity contribution in [2.75, 3.05) is 5.32 Å². The summed E-state index contributed by atoms with van der Waals surface area (Å²) in [6.45, 7) is 0. The van der Waals surface area contributed by atoms with E-state index in [-0.39, 0.29) is 21.9 Å². The van der Waals surface area contributed by atoms with Crippen LogP contribution in [0.5, 0.6) is 0 Å². The molecule has 118 valence electrons. The van der Waals surface area contributed by atoms with Gasteiger partial charge < -0.3 is 5.32 Å². The van der Waals surface area contributed by atoms with Gasteiger partial charge in [0.2, 0.25) is 0 Å². The van der Waals surface area contributed by atoms with Crippen LogP contribution in [0.2, 0.25) is 5.02 Å². The van der Waals surface area contributed by atoms with Crippen molar-refractivity contribution in [3.63, 3.8) is 0 Å². The lowest BCUT2D eigenvalue weighted by Gasteiger charge is -2.06. The molecule has 0 aliphatic carbocycles. The van der Waals surface area contributed by atoms with Gasteiger partial charge in [-0.1, -0.05) is 23.7 Å². The maximum absolute atomic E-state index is 12.6. The summed E-state index contributed by atoms with van der Waals surface area (Å²) in [6, 6.07) is 7.22. The molecule has 0 bridgehead atoms. The Labute approximate surface area is 132 Å². The van der Waals surface area contributed by atoms with Crippen molar-refractivity contribution in [3.05, 3.63) is 59.0 Å². The van der Waals surface area contributed by atoms with Gasteiger partial charge in [-0.05, 0) is 12.1 Å². The zero-order valence-electron chi connectivity index (χ0n) is 11.3. The Morgan fingerprint density at radius 1 is 1.26 bits per heavy atom. The van der Waals surface area contributed by atoms with Crippen LogP contribution in [0.4, 0.5) is 18.9 Å². The number of alkyl halides is 3. The molecule has 0 spiro atoms. The Morgan fingerprint density at radius 2 is 2.00 bits per heavy atom. The second kappa shape index (κ2) is 5.54. The molecule has 23 heavy (non-hydrogen) atoms. The largest absolute Gasteiger partial charge is 0.435 e. The average molecular weight is 341 g/mol. The molecular formula is C14H8ClF3N4O. The van der Waals surface area contributed by atoms with Crippen LogP contribution in [0, 0.1) is 0 Å². The van der Waals surface area contributed by atoms with Gasteiger partial charge in [0.25, 0.3) is 5.91 Å². The monoisotopic (exact) mass is 340 g/mol. The van der Waals surface area contributed by atoms with E-state index >= 15 is 0 Å². The van der Waals surface area contributed by atoms with Gasteiger partial charge in [-0.2, -0.15) is 18.3 Å². The normalized spacial score (nSPS) is 11.7. The maximum atomic E-state index is 12.6. The summed E-state index contributed by atoms with van der Waals surface area (Å²) >= 11 is 5.91. The van der Waals surface area contributed by atoms with Gasteiger partial charge in [-0.25, -0.2) is 9.50 Å². The molecule has 3 aromatic rings. The maximum Gasteiger partial charge on any atom is 0.435 e. The second-order valence-corrected chi connectivity index (χ2v) is 5.01.